The molecule has 1 aromatic carbocycles. The summed E-state index contributed by atoms with van der Waals surface area (Å²) in [5.74, 6) is 0.844. The summed E-state index contributed by atoms with van der Waals surface area (Å²) in [6.07, 6.45) is 4.69. The predicted octanol–water partition coefficient (Wildman–Crippen LogP) is 2.85. The fraction of sp³-hybridized carbons (Fsp3) is 0.556. The van der Waals surface area contributed by atoms with Crippen molar-refractivity contribution in [2.45, 2.75) is 49.6 Å². The first-order valence-electron chi connectivity index (χ1n) is 8.67. The molecule has 0 spiro atoms. The Morgan fingerprint density at radius 3 is 2.62 bits per heavy atom. The molecule has 0 bridgehead atoms. The molecular weight excluding hydrogens is 324 g/mol. The molecule has 0 N–H and O–H groups in total. The second-order valence-corrected chi connectivity index (χ2v) is 7.40. The number of rotatable bonds is 5. The van der Waals surface area contributed by atoms with Crippen LogP contribution in [0.15, 0.2) is 34.2 Å². The first-order chi connectivity index (χ1) is 11.8. The number of fused-ring (bicyclic) bond motifs is 1. The Hall–Kier alpha value is -1.37. The monoisotopic (exact) mass is 346 g/mol. The zero-order valence-corrected chi connectivity index (χ0v) is 14.5. The zero-order chi connectivity index (χ0) is 16.4. The molecule has 4 rings (SSSR count). The Bertz CT molecular complexity index is 764. The van der Waals surface area contributed by atoms with E-state index in [1.165, 1.54) is 0 Å². The van der Waals surface area contributed by atoms with Crippen LogP contribution in [-0.4, -0.2) is 40.7 Å². The van der Waals surface area contributed by atoms with Crippen molar-refractivity contribution in [3.63, 3.8) is 0 Å². The fourth-order valence-electron chi connectivity index (χ4n) is 3.35. The van der Waals surface area contributed by atoms with Crippen molar-refractivity contribution in [2.75, 3.05) is 19.0 Å². The maximum absolute atomic E-state index is 13.0. The van der Waals surface area contributed by atoms with Crippen LogP contribution in [0.5, 0.6) is 0 Å². The Labute approximate surface area is 145 Å². The second kappa shape index (κ2) is 7.25. The number of benzene rings is 1. The van der Waals surface area contributed by atoms with Gasteiger partial charge in [-0.25, -0.2) is 4.98 Å². The minimum atomic E-state index is 0.0333. The summed E-state index contributed by atoms with van der Waals surface area (Å²) in [6, 6.07) is 7.57. The summed E-state index contributed by atoms with van der Waals surface area (Å²) in [5.41, 5.74) is 0.798. The maximum atomic E-state index is 13.0. The maximum Gasteiger partial charge on any atom is 0.262 e. The summed E-state index contributed by atoms with van der Waals surface area (Å²) in [6.45, 7) is 2.22. The molecule has 2 saturated heterocycles. The van der Waals surface area contributed by atoms with Crippen LogP contribution in [0.3, 0.4) is 0 Å². The van der Waals surface area contributed by atoms with Gasteiger partial charge in [0.25, 0.3) is 5.56 Å². The van der Waals surface area contributed by atoms with Crippen molar-refractivity contribution >= 4 is 22.7 Å². The largest absolute Gasteiger partial charge is 0.377 e. The lowest BCUT2D eigenvalue weighted by molar-refractivity contribution is 0.0937. The van der Waals surface area contributed by atoms with Gasteiger partial charge in [-0.05, 0) is 37.8 Å². The molecule has 2 aromatic rings. The van der Waals surface area contributed by atoms with Gasteiger partial charge in [0, 0.05) is 19.0 Å². The highest BCUT2D eigenvalue weighted by Gasteiger charge is 2.22. The van der Waals surface area contributed by atoms with Crippen molar-refractivity contribution < 1.29 is 9.47 Å². The number of aromatic nitrogens is 2. The smallest absolute Gasteiger partial charge is 0.262 e. The van der Waals surface area contributed by atoms with Crippen LogP contribution in [0.25, 0.3) is 10.9 Å². The molecule has 2 atom stereocenters. The van der Waals surface area contributed by atoms with Gasteiger partial charge in [0.1, 0.15) is 0 Å². The molecule has 5 nitrogen and oxygen atoms in total. The van der Waals surface area contributed by atoms with Gasteiger partial charge >= 0.3 is 0 Å². The summed E-state index contributed by atoms with van der Waals surface area (Å²) in [5, 5.41) is 1.46. The van der Waals surface area contributed by atoms with Gasteiger partial charge in [0.05, 0.1) is 29.7 Å². The van der Waals surface area contributed by atoms with Crippen molar-refractivity contribution in [1.82, 2.24) is 9.55 Å². The molecular formula is C18H22N2O3S. The second-order valence-electron chi connectivity index (χ2n) is 6.41. The lowest BCUT2D eigenvalue weighted by Crippen LogP contribution is -2.29. The molecule has 1 aromatic heterocycles. The van der Waals surface area contributed by atoms with Crippen LogP contribution in [0.2, 0.25) is 0 Å². The normalized spacial score (nSPS) is 24.0. The van der Waals surface area contributed by atoms with Gasteiger partial charge in [-0.2, -0.15) is 0 Å². The molecule has 3 heterocycles. The van der Waals surface area contributed by atoms with Crippen molar-refractivity contribution in [2.24, 2.45) is 0 Å². The van der Waals surface area contributed by atoms with E-state index in [9.17, 15) is 4.79 Å². The van der Waals surface area contributed by atoms with E-state index in [4.69, 9.17) is 14.5 Å². The van der Waals surface area contributed by atoms with E-state index in [-0.39, 0.29) is 17.8 Å². The number of ether oxygens (including phenoxy) is 2. The lowest BCUT2D eigenvalue weighted by atomic mass is 10.2. The summed E-state index contributed by atoms with van der Waals surface area (Å²) >= 11 is 1.63. The molecule has 0 aliphatic carbocycles. The Morgan fingerprint density at radius 1 is 1.12 bits per heavy atom. The Kier molecular flexibility index (Phi) is 4.87. The molecule has 2 aliphatic heterocycles. The number of hydrogen-bond acceptors (Lipinski definition) is 5. The van der Waals surface area contributed by atoms with E-state index in [2.05, 4.69) is 0 Å². The van der Waals surface area contributed by atoms with Crippen molar-refractivity contribution in [3.05, 3.63) is 34.6 Å². The standard InChI is InChI=1S/C18H22N2O3S/c21-17-15-7-1-2-8-16(15)19-18(24-12-14-6-4-10-23-14)20(17)11-13-5-3-9-22-13/h1-2,7-8,13-14H,3-6,9-12H2/t13-,14-/m1/s1. The van der Waals surface area contributed by atoms with E-state index in [0.29, 0.717) is 11.9 Å². The van der Waals surface area contributed by atoms with E-state index in [1.54, 1.807) is 16.3 Å². The van der Waals surface area contributed by atoms with Crippen LogP contribution in [0.1, 0.15) is 25.7 Å². The van der Waals surface area contributed by atoms with Crippen molar-refractivity contribution in [3.8, 4) is 0 Å². The minimum Gasteiger partial charge on any atom is -0.377 e. The lowest BCUT2D eigenvalue weighted by Gasteiger charge is -2.17. The molecule has 24 heavy (non-hydrogen) atoms. The van der Waals surface area contributed by atoms with Crippen LogP contribution < -0.4 is 5.56 Å². The Balaban J connectivity index is 1.66. The average Bonchev–Trinajstić information content (AvgIpc) is 3.29. The van der Waals surface area contributed by atoms with Gasteiger partial charge in [-0.3, -0.25) is 9.36 Å². The summed E-state index contributed by atoms with van der Waals surface area (Å²) < 4.78 is 13.2. The molecule has 2 fully saturated rings. The highest BCUT2D eigenvalue weighted by Crippen LogP contribution is 2.24. The molecule has 0 saturated carbocycles. The molecule has 6 heteroatoms. The summed E-state index contributed by atoms with van der Waals surface area (Å²) in [7, 11) is 0. The first kappa shape index (κ1) is 16.1. The van der Waals surface area contributed by atoms with Gasteiger partial charge in [0.2, 0.25) is 0 Å². The molecule has 128 valence electrons. The van der Waals surface area contributed by atoms with Crippen LogP contribution >= 0.6 is 11.8 Å². The molecule has 2 aliphatic rings. The third kappa shape index (κ3) is 3.36. The van der Waals surface area contributed by atoms with Crippen LogP contribution in [0, 0.1) is 0 Å². The topological polar surface area (TPSA) is 53.3 Å². The third-order valence-electron chi connectivity index (χ3n) is 4.66. The van der Waals surface area contributed by atoms with E-state index >= 15 is 0 Å². The van der Waals surface area contributed by atoms with Gasteiger partial charge < -0.3 is 9.47 Å². The van der Waals surface area contributed by atoms with Gasteiger partial charge in [-0.15, -0.1) is 0 Å². The molecule has 0 unspecified atom stereocenters. The molecule has 0 amide bonds. The van der Waals surface area contributed by atoms with Crippen LogP contribution in [0.4, 0.5) is 0 Å². The van der Waals surface area contributed by atoms with Gasteiger partial charge in [-0.1, -0.05) is 23.9 Å². The number of para-hydroxylation sites is 1. The fourth-order valence-corrected chi connectivity index (χ4v) is 4.43. The zero-order valence-electron chi connectivity index (χ0n) is 13.6. The van der Waals surface area contributed by atoms with Crippen molar-refractivity contribution in [1.29, 1.82) is 0 Å². The summed E-state index contributed by atoms with van der Waals surface area (Å²) in [4.78, 5) is 17.7. The number of nitrogens with zero attached hydrogens (tertiary/aromatic N) is 2. The predicted molar refractivity (Wildman–Crippen MR) is 94.7 cm³/mol. The van der Waals surface area contributed by atoms with Gasteiger partial charge in [0.15, 0.2) is 5.16 Å². The number of thioether (sulfide) groups is 1. The SMILES string of the molecule is O=c1c2ccccc2nc(SC[C@H]2CCCO2)n1C[C@H]1CCCO1. The average molecular weight is 346 g/mol. The van der Waals surface area contributed by atoms with Crippen LogP contribution in [-0.2, 0) is 16.0 Å². The van der Waals surface area contributed by atoms with E-state index in [1.807, 2.05) is 24.3 Å². The quantitative estimate of drug-likeness (QED) is 0.615. The highest BCUT2D eigenvalue weighted by atomic mass is 32.2. The van der Waals surface area contributed by atoms with E-state index < -0.39 is 0 Å². The minimum absolute atomic E-state index is 0.0333. The Morgan fingerprint density at radius 2 is 1.88 bits per heavy atom. The highest BCUT2D eigenvalue weighted by molar-refractivity contribution is 7.99. The number of hydrogen-bond donors (Lipinski definition) is 0. The molecule has 0 radical (unpaired) electrons. The first-order valence-corrected chi connectivity index (χ1v) is 9.65. The third-order valence-corrected chi connectivity index (χ3v) is 5.77. The van der Waals surface area contributed by atoms with E-state index in [0.717, 1.165) is 55.3 Å².